The second kappa shape index (κ2) is 5.72. The van der Waals surface area contributed by atoms with E-state index in [-0.39, 0.29) is 6.04 Å². The molecule has 0 aliphatic heterocycles. The fourth-order valence-electron chi connectivity index (χ4n) is 1.98. The highest BCUT2D eigenvalue weighted by atomic mass is 79.9. The first-order valence-electron chi connectivity index (χ1n) is 5.91. The third kappa shape index (κ3) is 3.14. The zero-order chi connectivity index (χ0) is 14.0. The fraction of sp³-hybridized carbons (Fsp3) is 0.286. The Morgan fingerprint density at radius 2 is 2.16 bits per heavy atom. The van der Waals surface area contributed by atoms with Gasteiger partial charge in [-0.1, -0.05) is 15.9 Å². The van der Waals surface area contributed by atoms with E-state index >= 15 is 0 Å². The van der Waals surface area contributed by atoms with Crippen molar-refractivity contribution in [2.45, 2.75) is 26.8 Å². The molecule has 1 atom stereocenters. The lowest BCUT2D eigenvalue weighted by molar-refractivity contribution is 0.836. The van der Waals surface area contributed by atoms with Gasteiger partial charge in [0.2, 0.25) is 0 Å². The van der Waals surface area contributed by atoms with Crippen LogP contribution in [0.5, 0.6) is 0 Å². The first-order chi connectivity index (χ1) is 9.01. The number of nitrogens with one attached hydrogen (secondary N) is 1. The lowest BCUT2D eigenvalue weighted by atomic mass is 10.1. The topological polar surface area (TPSA) is 48.7 Å². The average molecular weight is 336 g/mol. The Bertz CT molecular complexity index is 643. The molecule has 1 unspecified atom stereocenters. The van der Waals surface area contributed by atoms with Gasteiger partial charge in [0.1, 0.15) is 6.07 Å². The molecule has 2 aromatic rings. The standard InChI is InChI=1S/C14H14BrN3S/c1-8(14-9(2)19-10(3)18-14)17-13-5-4-12(15)6-11(13)7-16/h4-6,8,17H,1-3H3. The van der Waals surface area contributed by atoms with Crippen molar-refractivity contribution in [2.75, 3.05) is 5.32 Å². The van der Waals surface area contributed by atoms with Crippen molar-refractivity contribution in [1.29, 1.82) is 5.26 Å². The molecule has 0 radical (unpaired) electrons. The molecule has 3 nitrogen and oxygen atoms in total. The maximum absolute atomic E-state index is 9.16. The first-order valence-corrected chi connectivity index (χ1v) is 7.52. The number of aryl methyl sites for hydroxylation is 2. The molecule has 0 fully saturated rings. The minimum absolute atomic E-state index is 0.0817. The van der Waals surface area contributed by atoms with Gasteiger partial charge in [0.15, 0.2) is 0 Å². The number of halogens is 1. The van der Waals surface area contributed by atoms with Gasteiger partial charge in [-0.2, -0.15) is 5.26 Å². The predicted octanol–water partition coefficient (Wildman–Crippen LogP) is 4.57. The molecular formula is C14H14BrN3S. The van der Waals surface area contributed by atoms with Crippen LogP contribution in [0, 0.1) is 25.2 Å². The molecule has 0 amide bonds. The van der Waals surface area contributed by atoms with Crippen molar-refractivity contribution in [3.63, 3.8) is 0 Å². The highest BCUT2D eigenvalue weighted by Crippen LogP contribution is 2.28. The number of rotatable bonds is 3. The zero-order valence-electron chi connectivity index (χ0n) is 11.0. The van der Waals surface area contributed by atoms with Gasteiger partial charge in [0, 0.05) is 9.35 Å². The Labute approximate surface area is 125 Å². The number of thiazole rings is 1. The third-order valence-electron chi connectivity index (χ3n) is 2.82. The SMILES string of the molecule is Cc1nc(C(C)Nc2ccc(Br)cc2C#N)c(C)s1. The van der Waals surface area contributed by atoms with E-state index in [0.717, 1.165) is 20.9 Å². The highest BCUT2D eigenvalue weighted by Gasteiger charge is 2.14. The largest absolute Gasteiger partial charge is 0.376 e. The van der Waals surface area contributed by atoms with Gasteiger partial charge < -0.3 is 5.32 Å². The molecule has 19 heavy (non-hydrogen) atoms. The maximum atomic E-state index is 9.16. The molecule has 2 rings (SSSR count). The van der Waals surface area contributed by atoms with Gasteiger partial charge in [0.05, 0.1) is 28.0 Å². The molecule has 0 saturated heterocycles. The van der Waals surface area contributed by atoms with E-state index in [1.165, 1.54) is 4.88 Å². The summed E-state index contributed by atoms with van der Waals surface area (Å²) in [5, 5.41) is 13.6. The summed E-state index contributed by atoms with van der Waals surface area (Å²) in [5.41, 5.74) is 2.52. The molecule has 1 aromatic carbocycles. The summed E-state index contributed by atoms with van der Waals surface area (Å²) in [4.78, 5) is 5.76. The van der Waals surface area contributed by atoms with E-state index in [1.807, 2.05) is 25.1 Å². The second-order valence-corrected chi connectivity index (χ2v) is 6.67. The highest BCUT2D eigenvalue weighted by molar-refractivity contribution is 9.10. The van der Waals surface area contributed by atoms with Crippen molar-refractivity contribution in [3.8, 4) is 6.07 Å². The minimum atomic E-state index is 0.0817. The number of aromatic nitrogens is 1. The van der Waals surface area contributed by atoms with Gasteiger partial charge in [-0.05, 0) is 39.0 Å². The van der Waals surface area contributed by atoms with E-state index in [9.17, 15) is 0 Å². The van der Waals surface area contributed by atoms with Gasteiger partial charge >= 0.3 is 0 Å². The van der Waals surface area contributed by atoms with Crippen LogP contribution in [0.3, 0.4) is 0 Å². The molecule has 1 aromatic heterocycles. The van der Waals surface area contributed by atoms with Crippen LogP contribution < -0.4 is 5.32 Å². The van der Waals surface area contributed by atoms with Crippen LogP contribution in [-0.4, -0.2) is 4.98 Å². The Balaban J connectivity index is 2.27. The Morgan fingerprint density at radius 1 is 1.42 bits per heavy atom. The van der Waals surface area contributed by atoms with Crippen molar-refractivity contribution < 1.29 is 0 Å². The quantitative estimate of drug-likeness (QED) is 0.893. The molecule has 0 spiro atoms. The van der Waals surface area contributed by atoms with Crippen molar-refractivity contribution in [2.24, 2.45) is 0 Å². The zero-order valence-corrected chi connectivity index (χ0v) is 13.4. The summed E-state index contributed by atoms with van der Waals surface area (Å²) in [7, 11) is 0. The number of hydrogen-bond donors (Lipinski definition) is 1. The Kier molecular flexibility index (Phi) is 4.23. The summed E-state index contributed by atoms with van der Waals surface area (Å²) < 4.78 is 0.905. The van der Waals surface area contributed by atoms with Crippen LogP contribution in [0.1, 0.15) is 34.1 Å². The molecule has 1 N–H and O–H groups in total. The molecular weight excluding hydrogens is 322 g/mol. The van der Waals surface area contributed by atoms with Crippen LogP contribution in [-0.2, 0) is 0 Å². The van der Waals surface area contributed by atoms with E-state index in [2.05, 4.69) is 46.1 Å². The average Bonchev–Trinajstić information content (AvgIpc) is 2.70. The van der Waals surface area contributed by atoms with E-state index in [4.69, 9.17) is 5.26 Å². The van der Waals surface area contributed by atoms with Gasteiger partial charge in [-0.3, -0.25) is 0 Å². The Morgan fingerprint density at radius 3 is 2.74 bits per heavy atom. The Hall–Kier alpha value is -1.38. The molecule has 0 saturated carbocycles. The predicted molar refractivity (Wildman–Crippen MR) is 82.5 cm³/mol. The summed E-state index contributed by atoms with van der Waals surface area (Å²) in [5.74, 6) is 0. The molecule has 5 heteroatoms. The van der Waals surface area contributed by atoms with Crippen LogP contribution in [0.15, 0.2) is 22.7 Å². The number of hydrogen-bond acceptors (Lipinski definition) is 4. The second-order valence-electron chi connectivity index (χ2n) is 4.34. The lowest BCUT2D eigenvalue weighted by Gasteiger charge is -2.15. The third-order valence-corrected chi connectivity index (χ3v) is 4.22. The molecule has 0 aliphatic carbocycles. The first kappa shape index (κ1) is 14.0. The number of nitriles is 1. The van der Waals surface area contributed by atoms with Crippen LogP contribution in [0.4, 0.5) is 5.69 Å². The fourth-order valence-corrected chi connectivity index (χ4v) is 3.26. The molecule has 1 heterocycles. The number of nitrogens with zero attached hydrogens (tertiary/aromatic N) is 2. The van der Waals surface area contributed by atoms with Crippen molar-refractivity contribution in [1.82, 2.24) is 4.98 Å². The lowest BCUT2D eigenvalue weighted by Crippen LogP contribution is -2.09. The van der Waals surface area contributed by atoms with Gasteiger partial charge in [-0.25, -0.2) is 4.98 Å². The molecule has 0 bridgehead atoms. The minimum Gasteiger partial charge on any atom is -0.376 e. The van der Waals surface area contributed by atoms with Crippen LogP contribution in [0.25, 0.3) is 0 Å². The van der Waals surface area contributed by atoms with Gasteiger partial charge in [0.25, 0.3) is 0 Å². The number of benzene rings is 1. The molecule has 98 valence electrons. The maximum Gasteiger partial charge on any atom is 0.101 e. The van der Waals surface area contributed by atoms with Crippen molar-refractivity contribution >= 4 is 33.0 Å². The molecule has 0 aliphatic rings. The van der Waals surface area contributed by atoms with Crippen LogP contribution in [0.2, 0.25) is 0 Å². The monoisotopic (exact) mass is 335 g/mol. The summed E-state index contributed by atoms with van der Waals surface area (Å²) in [6.07, 6.45) is 0. The van der Waals surface area contributed by atoms with E-state index in [0.29, 0.717) is 5.56 Å². The van der Waals surface area contributed by atoms with Crippen molar-refractivity contribution in [3.05, 3.63) is 43.8 Å². The summed E-state index contributed by atoms with van der Waals surface area (Å²) in [6, 6.07) is 7.93. The normalized spacial score (nSPS) is 11.9. The smallest absolute Gasteiger partial charge is 0.101 e. The van der Waals surface area contributed by atoms with E-state index < -0.39 is 0 Å². The summed E-state index contributed by atoms with van der Waals surface area (Å²) in [6.45, 7) is 6.14. The summed E-state index contributed by atoms with van der Waals surface area (Å²) >= 11 is 5.07. The van der Waals surface area contributed by atoms with Crippen LogP contribution >= 0.6 is 27.3 Å². The van der Waals surface area contributed by atoms with Gasteiger partial charge in [-0.15, -0.1) is 11.3 Å². The van der Waals surface area contributed by atoms with E-state index in [1.54, 1.807) is 11.3 Å². The number of anilines is 1.